The van der Waals surface area contributed by atoms with Crippen molar-refractivity contribution in [2.75, 3.05) is 23.8 Å². The number of nitrogens with zero attached hydrogens (tertiary/aromatic N) is 4. The van der Waals surface area contributed by atoms with Crippen molar-refractivity contribution in [2.24, 2.45) is 0 Å². The summed E-state index contributed by atoms with van der Waals surface area (Å²) in [5.41, 5.74) is 0. The molecule has 0 aromatic carbocycles. The molecule has 5 nitrogen and oxygen atoms in total. The summed E-state index contributed by atoms with van der Waals surface area (Å²) in [7, 11) is 1.55. The molecule has 3 heterocycles. The minimum Gasteiger partial charge on any atom is -0.371 e. The molecule has 0 atom stereocenters. The van der Waals surface area contributed by atoms with E-state index in [2.05, 4.69) is 15.3 Å². The zero-order chi connectivity index (χ0) is 13.4. The van der Waals surface area contributed by atoms with Crippen LogP contribution in [0.4, 0.5) is 20.4 Å². The molecule has 7 heteroatoms. The fraction of sp³-hybridized carbons (Fsp3) is 0.333. The number of aromatic nitrogens is 3. The first-order valence-electron chi connectivity index (χ1n) is 5.98. The molecule has 0 radical (unpaired) electrons. The van der Waals surface area contributed by atoms with Crippen LogP contribution in [0, 0.1) is 11.6 Å². The number of rotatable bonds is 2. The van der Waals surface area contributed by atoms with E-state index in [1.807, 2.05) is 10.8 Å². The average Bonchev–Trinajstić information content (AvgIpc) is 2.86. The van der Waals surface area contributed by atoms with Crippen LogP contribution < -0.4 is 10.2 Å². The minimum absolute atomic E-state index is 0.0466. The van der Waals surface area contributed by atoms with E-state index in [4.69, 9.17) is 0 Å². The average molecular weight is 265 g/mol. The van der Waals surface area contributed by atoms with Gasteiger partial charge in [-0.05, 0) is 0 Å². The first kappa shape index (κ1) is 11.9. The quantitative estimate of drug-likeness (QED) is 0.896. The van der Waals surface area contributed by atoms with Gasteiger partial charge in [0, 0.05) is 38.6 Å². The smallest absolute Gasteiger partial charge is 0.168 e. The van der Waals surface area contributed by atoms with Gasteiger partial charge >= 0.3 is 0 Å². The molecule has 0 fully saturated rings. The fourth-order valence-corrected chi connectivity index (χ4v) is 2.21. The van der Waals surface area contributed by atoms with Crippen molar-refractivity contribution in [1.82, 2.24) is 14.5 Å². The van der Waals surface area contributed by atoms with Gasteiger partial charge in [0.25, 0.3) is 0 Å². The molecule has 3 rings (SSSR count). The summed E-state index contributed by atoms with van der Waals surface area (Å²) in [6, 6.07) is 0.856. The predicted octanol–water partition coefficient (Wildman–Crippen LogP) is 1.62. The number of fused-ring (bicyclic) bond motifs is 1. The topological polar surface area (TPSA) is 46.0 Å². The number of imidazole rings is 1. The second-order valence-corrected chi connectivity index (χ2v) is 4.33. The van der Waals surface area contributed by atoms with Crippen LogP contribution in [-0.4, -0.2) is 28.1 Å². The molecule has 0 bridgehead atoms. The van der Waals surface area contributed by atoms with Crippen LogP contribution in [0.5, 0.6) is 0 Å². The highest BCUT2D eigenvalue weighted by atomic mass is 19.1. The highest BCUT2D eigenvalue weighted by Gasteiger charge is 2.22. The second-order valence-electron chi connectivity index (χ2n) is 4.33. The molecule has 1 N–H and O–H groups in total. The summed E-state index contributed by atoms with van der Waals surface area (Å²) in [5.74, 6) is -0.299. The van der Waals surface area contributed by atoms with Crippen LogP contribution in [0.1, 0.15) is 5.82 Å². The number of hydrogen-bond acceptors (Lipinski definition) is 4. The largest absolute Gasteiger partial charge is 0.371 e. The van der Waals surface area contributed by atoms with Crippen molar-refractivity contribution < 1.29 is 8.78 Å². The summed E-state index contributed by atoms with van der Waals surface area (Å²) in [4.78, 5) is 9.96. The maximum Gasteiger partial charge on any atom is 0.168 e. The van der Waals surface area contributed by atoms with Gasteiger partial charge in [-0.3, -0.25) is 0 Å². The van der Waals surface area contributed by atoms with E-state index in [0.29, 0.717) is 19.6 Å². The molecular formula is C12H13F2N5. The van der Waals surface area contributed by atoms with Crippen LogP contribution in [-0.2, 0) is 13.1 Å². The van der Waals surface area contributed by atoms with Crippen LogP contribution >= 0.6 is 0 Å². The third-order valence-electron chi connectivity index (χ3n) is 3.19. The molecular weight excluding hydrogens is 252 g/mol. The lowest BCUT2D eigenvalue weighted by molar-refractivity contribution is 0.529. The Morgan fingerprint density at radius 3 is 2.89 bits per heavy atom. The molecule has 100 valence electrons. The van der Waals surface area contributed by atoms with Gasteiger partial charge in [-0.25, -0.2) is 18.7 Å². The lowest BCUT2D eigenvalue weighted by atomic mass is 10.3. The summed E-state index contributed by atoms with van der Waals surface area (Å²) >= 11 is 0. The van der Waals surface area contributed by atoms with E-state index < -0.39 is 11.6 Å². The van der Waals surface area contributed by atoms with Crippen molar-refractivity contribution in [3.8, 4) is 0 Å². The lowest BCUT2D eigenvalue weighted by Gasteiger charge is -2.29. The van der Waals surface area contributed by atoms with Gasteiger partial charge < -0.3 is 14.8 Å². The van der Waals surface area contributed by atoms with Crippen molar-refractivity contribution in [1.29, 1.82) is 0 Å². The molecule has 0 aliphatic carbocycles. The number of nitrogens with one attached hydrogen (secondary N) is 1. The van der Waals surface area contributed by atoms with Gasteiger partial charge in [0.2, 0.25) is 0 Å². The Morgan fingerprint density at radius 1 is 1.26 bits per heavy atom. The van der Waals surface area contributed by atoms with Crippen molar-refractivity contribution in [3.05, 3.63) is 35.9 Å². The lowest BCUT2D eigenvalue weighted by Crippen LogP contribution is -2.35. The molecule has 0 amide bonds. The van der Waals surface area contributed by atoms with Crippen molar-refractivity contribution >= 4 is 11.6 Å². The monoisotopic (exact) mass is 265 g/mol. The van der Waals surface area contributed by atoms with Gasteiger partial charge in [0.15, 0.2) is 23.3 Å². The predicted molar refractivity (Wildman–Crippen MR) is 67.0 cm³/mol. The molecule has 19 heavy (non-hydrogen) atoms. The molecule has 2 aromatic rings. The first-order chi connectivity index (χ1) is 9.19. The van der Waals surface area contributed by atoms with E-state index in [9.17, 15) is 8.78 Å². The Balaban J connectivity index is 1.95. The minimum atomic E-state index is -0.692. The first-order valence-corrected chi connectivity index (χ1v) is 5.98. The van der Waals surface area contributed by atoms with E-state index in [0.717, 1.165) is 11.9 Å². The molecule has 2 aromatic heterocycles. The van der Waals surface area contributed by atoms with Gasteiger partial charge in [-0.15, -0.1) is 0 Å². The van der Waals surface area contributed by atoms with Gasteiger partial charge in [0.1, 0.15) is 5.82 Å². The van der Waals surface area contributed by atoms with E-state index >= 15 is 0 Å². The van der Waals surface area contributed by atoms with Crippen LogP contribution in [0.2, 0.25) is 0 Å². The summed E-state index contributed by atoms with van der Waals surface area (Å²) < 4.78 is 29.3. The van der Waals surface area contributed by atoms with E-state index in [1.165, 1.54) is 0 Å². The maximum atomic E-state index is 13.9. The Morgan fingerprint density at radius 2 is 2.11 bits per heavy atom. The zero-order valence-corrected chi connectivity index (χ0v) is 10.4. The van der Waals surface area contributed by atoms with Gasteiger partial charge in [0.05, 0.1) is 6.54 Å². The molecule has 0 spiro atoms. The van der Waals surface area contributed by atoms with E-state index in [1.54, 1.807) is 18.1 Å². The number of halogens is 2. The Kier molecular flexibility index (Phi) is 2.81. The van der Waals surface area contributed by atoms with Gasteiger partial charge in [-0.1, -0.05) is 0 Å². The fourth-order valence-electron chi connectivity index (χ4n) is 2.21. The zero-order valence-electron chi connectivity index (χ0n) is 10.4. The highest BCUT2D eigenvalue weighted by molar-refractivity contribution is 5.49. The van der Waals surface area contributed by atoms with Crippen molar-refractivity contribution in [3.63, 3.8) is 0 Å². The Hall–Kier alpha value is -2.18. The second kappa shape index (κ2) is 4.49. The molecule has 1 aliphatic rings. The molecule has 0 saturated heterocycles. The highest BCUT2D eigenvalue weighted by Crippen LogP contribution is 2.25. The van der Waals surface area contributed by atoms with Crippen LogP contribution in [0.3, 0.4) is 0 Å². The third-order valence-corrected chi connectivity index (χ3v) is 3.19. The number of hydrogen-bond donors (Lipinski definition) is 1. The van der Waals surface area contributed by atoms with Crippen molar-refractivity contribution in [2.45, 2.75) is 13.1 Å². The van der Waals surface area contributed by atoms with Crippen LogP contribution in [0.25, 0.3) is 0 Å². The Labute approximate surface area is 108 Å². The molecule has 0 unspecified atom stereocenters. The maximum absolute atomic E-state index is 13.9. The third kappa shape index (κ3) is 2.00. The standard InChI is InChI=1S/C12H13F2N5/c1-15-11-8(13)6-9(14)12(17-11)19-5-4-18-3-2-16-10(18)7-19/h2-3,6H,4-5,7H2,1H3,(H,15,17). The van der Waals surface area contributed by atoms with Crippen LogP contribution in [0.15, 0.2) is 18.5 Å². The molecule has 0 saturated carbocycles. The van der Waals surface area contributed by atoms with E-state index in [-0.39, 0.29) is 11.6 Å². The number of pyridine rings is 1. The summed E-state index contributed by atoms with van der Waals surface area (Å²) in [6.45, 7) is 1.79. The SMILES string of the molecule is CNc1nc(N2CCn3ccnc3C2)c(F)cc1F. The summed E-state index contributed by atoms with van der Waals surface area (Å²) in [5, 5.41) is 2.62. The summed E-state index contributed by atoms with van der Waals surface area (Å²) in [6.07, 6.45) is 3.60. The van der Waals surface area contributed by atoms with Gasteiger partial charge in [-0.2, -0.15) is 0 Å². The number of anilines is 2. The Bertz CT molecular complexity index is 610. The molecule has 1 aliphatic heterocycles. The normalized spacial score (nSPS) is 14.4.